The number of aromatic nitrogens is 1. The summed E-state index contributed by atoms with van der Waals surface area (Å²) >= 11 is 2.68. The van der Waals surface area contributed by atoms with E-state index in [0.29, 0.717) is 28.1 Å². The topological polar surface area (TPSA) is 89.6 Å². The van der Waals surface area contributed by atoms with Gasteiger partial charge in [-0.3, -0.25) is 14.9 Å². The lowest BCUT2D eigenvalue weighted by Crippen LogP contribution is -2.18. The van der Waals surface area contributed by atoms with Gasteiger partial charge in [-0.15, -0.1) is 22.7 Å². The first-order valence-electron chi connectivity index (χ1n) is 8.32. The van der Waals surface area contributed by atoms with Crippen LogP contribution in [-0.2, 0) is 11.3 Å². The van der Waals surface area contributed by atoms with Crippen LogP contribution in [0.4, 0.5) is 5.13 Å². The van der Waals surface area contributed by atoms with Crippen molar-refractivity contribution in [2.24, 2.45) is 0 Å². The zero-order valence-electron chi connectivity index (χ0n) is 15.6. The number of carbonyl (C=O) groups is 2. The molecular formula is C19H19N3O4S2. The highest BCUT2D eigenvalue weighted by Crippen LogP contribution is 2.33. The maximum atomic E-state index is 12.4. The van der Waals surface area contributed by atoms with E-state index in [1.807, 2.05) is 29.6 Å². The van der Waals surface area contributed by atoms with E-state index in [-0.39, 0.29) is 11.8 Å². The highest BCUT2D eigenvalue weighted by molar-refractivity contribution is 7.15. The molecule has 0 saturated heterocycles. The van der Waals surface area contributed by atoms with Gasteiger partial charge in [-0.2, -0.15) is 0 Å². The van der Waals surface area contributed by atoms with E-state index in [1.54, 1.807) is 20.3 Å². The molecule has 2 amide bonds. The van der Waals surface area contributed by atoms with Crippen molar-refractivity contribution >= 4 is 39.6 Å². The zero-order chi connectivity index (χ0) is 20.1. The number of hydrogen-bond donors (Lipinski definition) is 2. The van der Waals surface area contributed by atoms with Crippen LogP contribution in [0.15, 0.2) is 35.7 Å². The van der Waals surface area contributed by atoms with Crippen LogP contribution in [0.2, 0.25) is 0 Å². The van der Waals surface area contributed by atoms with Crippen LogP contribution in [0.25, 0.3) is 11.3 Å². The number of thiazole rings is 1. The largest absolute Gasteiger partial charge is 0.493 e. The van der Waals surface area contributed by atoms with E-state index in [0.717, 1.165) is 16.1 Å². The molecule has 0 saturated carbocycles. The van der Waals surface area contributed by atoms with Gasteiger partial charge in [0.15, 0.2) is 16.6 Å². The Balaban J connectivity index is 1.69. The maximum Gasteiger partial charge on any atom is 0.267 e. The Labute approximate surface area is 170 Å². The summed E-state index contributed by atoms with van der Waals surface area (Å²) < 4.78 is 10.6. The predicted molar refractivity (Wildman–Crippen MR) is 110 cm³/mol. The maximum absolute atomic E-state index is 12.4. The molecule has 1 aromatic carbocycles. The molecule has 28 heavy (non-hydrogen) atoms. The quantitative estimate of drug-likeness (QED) is 0.611. The van der Waals surface area contributed by atoms with E-state index in [1.165, 1.54) is 29.6 Å². The number of rotatable bonds is 7. The van der Waals surface area contributed by atoms with Gasteiger partial charge >= 0.3 is 0 Å². The Morgan fingerprint density at radius 2 is 1.89 bits per heavy atom. The van der Waals surface area contributed by atoms with Gasteiger partial charge < -0.3 is 14.8 Å². The molecule has 0 unspecified atom stereocenters. The van der Waals surface area contributed by atoms with Crippen LogP contribution in [-0.4, -0.2) is 31.0 Å². The Morgan fingerprint density at radius 3 is 2.61 bits per heavy atom. The number of hydrogen-bond acceptors (Lipinski definition) is 7. The third kappa shape index (κ3) is 4.68. The van der Waals surface area contributed by atoms with E-state index >= 15 is 0 Å². The van der Waals surface area contributed by atoms with Crippen LogP contribution in [0.5, 0.6) is 11.5 Å². The van der Waals surface area contributed by atoms with Gasteiger partial charge in [0.1, 0.15) is 0 Å². The minimum absolute atomic E-state index is 0.107. The molecule has 2 aromatic heterocycles. The molecule has 2 N–H and O–H groups in total. The van der Waals surface area contributed by atoms with Gasteiger partial charge in [-0.25, -0.2) is 4.98 Å². The summed E-state index contributed by atoms with van der Waals surface area (Å²) in [7, 11) is 3.16. The van der Waals surface area contributed by atoms with Crippen molar-refractivity contribution in [1.29, 1.82) is 0 Å². The smallest absolute Gasteiger partial charge is 0.267 e. The molecule has 0 radical (unpaired) electrons. The highest BCUT2D eigenvalue weighted by atomic mass is 32.1. The molecule has 146 valence electrons. The number of nitrogens with zero attached hydrogens (tertiary/aromatic N) is 1. The fourth-order valence-electron chi connectivity index (χ4n) is 2.42. The fraction of sp³-hybridized carbons (Fsp3) is 0.211. The number of anilines is 1. The summed E-state index contributed by atoms with van der Waals surface area (Å²) in [5.74, 6) is 0.920. The Bertz CT molecular complexity index is 997. The summed E-state index contributed by atoms with van der Waals surface area (Å²) in [5.41, 5.74) is 1.60. The van der Waals surface area contributed by atoms with Gasteiger partial charge in [0.05, 0.1) is 31.3 Å². The van der Waals surface area contributed by atoms with Crippen LogP contribution in [0, 0.1) is 0 Å². The molecule has 0 bridgehead atoms. The molecule has 0 aliphatic rings. The number of nitrogens with one attached hydrogen (secondary N) is 2. The summed E-state index contributed by atoms with van der Waals surface area (Å²) in [6, 6.07) is 9.10. The molecule has 0 aliphatic heterocycles. The average molecular weight is 418 g/mol. The second kappa shape index (κ2) is 8.85. The second-order valence-corrected chi connectivity index (χ2v) is 7.76. The minimum Gasteiger partial charge on any atom is -0.493 e. The van der Waals surface area contributed by atoms with Crippen molar-refractivity contribution in [3.8, 4) is 22.8 Å². The van der Waals surface area contributed by atoms with Gasteiger partial charge in [0.2, 0.25) is 5.91 Å². The van der Waals surface area contributed by atoms with Gasteiger partial charge in [0.25, 0.3) is 5.91 Å². The van der Waals surface area contributed by atoms with Crippen LogP contribution in [0.3, 0.4) is 0 Å². The summed E-state index contributed by atoms with van der Waals surface area (Å²) in [6.07, 6.45) is 0. The molecule has 3 rings (SSSR count). The molecule has 0 spiro atoms. The number of ether oxygens (including phenoxy) is 2. The molecule has 7 nitrogen and oxygen atoms in total. The highest BCUT2D eigenvalue weighted by Gasteiger charge is 2.14. The Morgan fingerprint density at radius 1 is 1.11 bits per heavy atom. The first kappa shape index (κ1) is 19.8. The lowest BCUT2D eigenvalue weighted by atomic mass is 10.1. The Hall–Kier alpha value is -2.91. The first-order valence-corrected chi connectivity index (χ1v) is 10.0. The van der Waals surface area contributed by atoms with Gasteiger partial charge in [0, 0.05) is 22.7 Å². The normalized spacial score (nSPS) is 10.4. The van der Waals surface area contributed by atoms with Gasteiger partial charge in [-0.05, 0) is 30.3 Å². The number of amides is 2. The lowest BCUT2D eigenvalue weighted by molar-refractivity contribution is -0.119. The SMILES string of the molecule is COc1ccc(-c2csc(NC(=O)c3ccc(CNC(C)=O)s3)n2)cc1OC. The molecule has 0 atom stereocenters. The number of benzene rings is 1. The second-order valence-electron chi connectivity index (χ2n) is 5.74. The van der Waals surface area contributed by atoms with Crippen molar-refractivity contribution in [1.82, 2.24) is 10.3 Å². The van der Waals surface area contributed by atoms with Crippen LogP contribution < -0.4 is 20.1 Å². The standard InChI is InChI=1S/C19H19N3O4S2/c1-11(23)20-9-13-5-7-17(28-13)18(24)22-19-21-14(10-27-19)12-4-6-15(25-2)16(8-12)26-3/h4-8,10H,9H2,1-3H3,(H,20,23)(H,21,22,24). The lowest BCUT2D eigenvalue weighted by Gasteiger charge is -2.08. The van der Waals surface area contributed by atoms with Crippen molar-refractivity contribution in [2.75, 3.05) is 19.5 Å². The number of carbonyl (C=O) groups excluding carboxylic acids is 2. The average Bonchev–Trinajstić information content (AvgIpc) is 3.35. The first-order chi connectivity index (χ1) is 13.5. The molecule has 0 fully saturated rings. The third-order valence-electron chi connectivity index (χ3n) is 3.80. The fourth-order valence-corrected chi connectivity index (χ4v) is 3.98. The summed E-state index contributed by atoms with van der Waals surface area (Å²) in [6.45, 7) is 1.87. The van der Waals surface area contributed by atoms with E-state index < -0.39 is 0 Å². The zero-order valence-corrected chi connectivity index (χ0v) is 17.2. The molecule has 0 aliphatic carbocycles. The van der Waals surface area contributed by atoms with E-state index in [9.17, 15) is 9.59 Å². The van der Waals surface area contributed by atoms with E-state index in [4.69, 9.17) is 9.47 Å². The summed E-state index contributed by atoms with van der Waals surface area (Å²) in [5, 5.41) is 7.90. The number of thiophene rings is 1. The van der Waals surface area contributed by atoms with Crippen molar-refractivity contribution in [2.45, 2.75) is 13.5 Å². The third-order valence-corrected chi connectivity index (χ3v) is 5.64. The molecule has 2 heterocycles. The Kier molecular flexibility index (Phi) is 6.27. The van der Waals surface area contributed by atoms with Gasteiger partial charge in [-0.1, -0.05) is 0 Å². The molecule has 9 heteroatoms. The summed E-state index contributed by atoms with van der Waals surface area (Å²) in [4.78, 5) is 29.4. The van der Waals surface area contributed by atoms with Crippen molar-refractivity contribution in [3.05, 3.63) is 45.5 Å². The van der Waals surface area contributed by atoms with Crippen LogP contribution in [0.1, 0.15) is 21.5 Å². The van der Waals surface area contributed by atoms with Crippen LogP contribution >= 0.6 is 22.7 Å². The number of methoxy groups -OCH3 is 2. The predicted octanol–water partition coefficient (Wildman–Crippen LogP) is 3.78. The monoisotopic (exact) mass is 417 g/mol. The molecule has 3 aromatic rings. The minimum atomic E-state index is -0.229. The van der Waals surface area contributed by atoms with E-state index in [2.05, 4.69) is 15.6 Å². The van der Waals surface area contributed by atoms with Crippen molar-refractivity contribution < 1.29 is 19.1 Å². The molecular weight excluding hydrogens is 398 g/mol. The van der Waals surface area contributed by atoms with Crippen molar-refractivity contribution in [3.63, 3.8) is 0 Å².